The molecule has 0 unspecified atom stereocenters. The van der Waals surface area contributed by atoms with Crippen LogP contribution in [-0.2, 0) is 26.1 Å². The first kappa shape index (κ1) is 25.3. The Labute approximate surface area is 213 Å². The van der Waals surface area contributed by atoms with Crippen molar-refractivity contribution in [3.8, 4) is 0 Å². The van der Waals surface area contributed by atoms with Crippen molar-refractivity contribution in [1.29, 1.82) is 0 Å². The van der Waals surface area contributed by atoms with E-state index in [9.17, 15) is 18.0 Å². The van der Waals surface area contributed by atoms with Gasteiger partial charge in [-0.15, -0.1) is 0 Å². The lowest BCUT2D eigenvalue weighted by Gasteiger charge is -2.19. The van der Waals surface area contributed by atoms with Gasteiger partial charge in [0, 0.05) is 12.6 Å². The number of anilines is 1. The van der Waals surface area contributed by atoms with E-state index in [0.717, 1.165) is 15.8 Å². The Hall–Kier alpha value is -3.76. The largest absolute Gasteiger partial charge is 0.465 e. The molecule has 0 radical (unpaired) electrons. The highest BCUT2D eigenvalue weighted by Gasteiger charge is 2.21. The highest BCUT2D eigenvalue weighted by molar-refractivity contribution is 7.92. The van der Waals surface area contributed by atoms with Gasteiger partial charge in [-0.2, -0.15) is 4.99 Å². The Kier molecular flexibility index (Phi) is 7.37. The second kappa shape index (κ2) is 10.5. The van der Waals surface area contributed by atoms with E-state index in [0.29, 0.717) is 10.5 Å². The molecule has 0 atom stereocenters. The third kappa shape index (κ3) is 5.09. The second-order valence-electron chi connectivity index (χ2n) is 7.95. The fourth-order valence-electron chi connectivity index (χ4n) is 3.73. The minimum atomic E-state index is -3.80. The Balaban J connectivity index is 1.67. The summed E-state index contributed by atoms with van der Waals surface area (Å²) in [5.74, 6) is -0.969. The monoisotopic (exact) mass is 523 g/mol. The van der Waals surface area contributed by atoms with Gasteiger partial charge >= 0.3 is 5.97 Å². The van der Waals surface area contributed by atoms with E-state index in [1.54, 1.807) is 35.8 Å². The number of hydrogen-bond donors (Lipinski definition) is 0. The lowest BCUT2D eigenvalue weighted by molar-refractivity contribution is -0.143. The maximum Gasteiger partial charge on any atom is 0.326 e. The Morgan fingerprint density at radius 1 is 1.00 bits per heavy atom. The summed E-state index contributed by atoms with van der Waals surface area (Å²) in [4.78, 5) is 29.9. The Morgan fingerprint density at radius 3 is 2.36 bits per heavy atom. The minimum absolute atomic E-state index is 0.0558. The summed E-state index contributed by atoms with van der Waals surface area (Å²) in [5, 5.41) is 0. The van der Waals surface area contributed by atoms with Crippen LogP contribution in [0.1, 0.15) is 22.8 Å². The van der Waals surface area contributed by atoms with Crippen LogP contribution in [0, 0.1) is 6.92 Å². The molecular weight excluding hydrogens is 498 g/mol. The van der Waals surface area contributed by atoms with Crippen molar-refractivity contribution >= 4 is 49.1 Å². The van der Waals surface area contributed by atoms with Crippen molar-refractivity contribution in [2.75, 3.05) is 18.0 Å². The number of thiazole rings is 1. The average Bonchev–Trinajstić information content (AvgIpc) is 3.22. The normalized spacial score (nSPS) is 12.0. The number of esters is 1. The van der Waals surface area contributed by atoms with Gasteiger partial charge in [-0.25, -0.2) is 8.42 Å². The number of carbonyl (C=O) groups is 2. The Bertz CT molecular complexity index is 1590. The quantitative estimate of drug-likeness (QED) is 0.339. The number of para-hydroxylation sites is 2. The topological polar surface area (TPSA) is 98.0 Å². The molecule has 1 aromatic heterocycles. The van der Waals surface area contributed by atoms with E-state index in [4.69, 9.17) is 4.74 Å². The smallest absolute Gasteiger partial charge is 0.326 e. The third-order valence-electron chi connectivity index (χ3n) is 5.57. The molecular formula is C26H25N3O5S2. The van der Waals surface area contributed by atoms with Gasteiger partial charge in [0.15, 0.2) is 4.80 Å². The van der Waals surface area contributed by atoms with Gasteiger partial charge in [-0.3, -0.25) is 13.9 Å². The summed E-state index contributed by atoms with van der Waals surface area (Å²) >= 11 is 1.30. The van der Waals surface area contributed by atoms with Gasteiger partial charge in [0.05, 0.1) is 27.4 Å². The minimum Gasteiger partial charge on any atom is -0.465 e. The van der Waals surface area contributed by atoms with Crippen molar-refractivity contribution in [2.24, 2.45) is 4.99 Å². The van der Waals surface area contributed by atoms with E-state index in [2.05, 4.69) is 4.99 Å². The molecule has 0 N–H and O–H groups in total. The first-order valence-corrected chi connectivity index (χ1v) is 13.5. The summed E-state index contributed by atoms with van der Waals surface area (Å²) < 4.78 is 34.9. The van der Waals surface area contributed by atoms with Crippen molar-refractivity contribution in [3.63, 3.8) is 0 Å². The maximum absolute atomic E-state index is 13.0. The summed E-state index contributed by atoms with van der Waals surface area (Å²) in [6, 6.07) is 20.1. The van der Waals surface area contributed by atoms with Crippen molar-refractivity contribution in [1.82, 2.24) is 4.57 Å². The van der Waals surface area contributed by atoms with E-state index in [1.807, 2.05) is 31.2 Å². The molecule has 0 aliphatic rings. The second-order valence-corrected chi connectivity index (χ2v) is 10.9. The molecule has 1 amide bonds. The number of amides is 1. The van der Waals surface area contributed by atoms with Crippen LogP contribution < -0.4 is 9.11 Å². The van der Waals surface area contributed by atoms with Crippen molar-refractivity contribution < 1.29 is 22.7 Å². The predicted molar refractivity (Wildman–Crippen MR) is 140 cm³/mol. The molecule has 4 rings (SSSR count). The lowest BCUT2D eigenvalue weighted by atomic mass is 10.2. The van der Waals surface area contributed by atoms with Crippen LogP contribution in [0.5, 0.6) is 0 Å². The number of aryl methyl sites for hydroxylation is 1. The average molecular weight is 524 g/mol. The zero-order chi connectivity index (χ0) is 25.9. The van der Waals surface area contributed by atoms with Gasteiger partial charge in [0.25, 0.3) is 15.9 Å². The molecule has 0 saturated heterocycles. The van der Waals surface area contributed by atoms with E-state index in [-0.39, 0.29) is 23.6 Å². The van der Waals surface area contributed by atoms with Gasteiger partial charge < -0.3 is 9.30 Å². The molecule has 3 aromatic carbocycles. The first-order valence-electron chi connectivity index (χ1n) is 11.2. The van der Waals surface area contributed by atoms with Crippen molar-refractivity contribution in [2.45, 2.75) is 25.3 Å². The van der Waals surface area contributed by atoms with Crippen LogP contribution in [0.15, 0.2) is 82.7 Å². The van der Waals surface area contributed by atoms with Crippen LogP contribution >= 0.6 is 11.3 Å². The van der Waals surface area contributed by atoms with Gasteiger partial charge in [-0.1, -0.05) is 41.7 Å². The first-order chi connectivity index (χ1) is 17.2. The maximum atomic E-state index is 13.0. The summed E-state index contributed by atoms with van der Waals surface area (Å²) in [7, 11) is -2.33. The zero-order valence-corrected chi connectivity index (χ0v) is 21.7. The SMILES string of the molecule is CCOC(=O)Cn1c(=NC(=O)c2ccc(S(=O)(=O)N(C)c3ccccc3)cc2)sc2cccc(C)c21. The molecule has 36 heavy (non-hydrogen) atoms. The number of ether oxygens (including phenoxy) is 1. The molecule has 0 saturated carbocycles. The molecule has 0 aliphatic carbocycles. The number of benzene rings is 3. The fraction of sp³-hybridized carbons (Fsp3) is 0.192. The number of carbonyl (C=O) groups excluding carboxylic acids is 2. The van der Waals surface area contributed by atoms with E-state index >= 15 is 0 Å². The molecule has 0 aliphatic heterocycles. The number of fused-ring (bicyclic) bond motifs is 1. The molecule has 0 spiro atoms. The molecule has 186 valence electrons. The standard InChI is InChI=1S/C26H25N3O5S2/c1-4-34-23(30)17-29-24-18(2)9-8-12-22(24)35-26(29)27-25(31)19-13-15-21(16-14-19)36(32,33)28(3)20-10-6-5-7-11-20/h5-16H,4,17H2,1-3H3. The molecule has 10 heteroatoms. The number of hydrogen-bond acceptors (Lipinski definition) is 6. The van der Waals surface area contributed by atoms with Crippen LogP contribution in [0.3, 0.4) is 0 Å². The van der Waals surface area contributed by atoms with Gasteiger partial charge in [-0.05, 0) is 61.9 Å². The fourth-order valence-corrected chi connectivity index (χ4v) is 6.03. The molecule has 0 fully saturated rings. The van der Waals surface area contributed by atoms with E-state index < -0.39 is 21.9 Å². The summed E-state index contributed by atoms with van der Waals surface area (Å²) in [6.45, 7) is 3.83. The lowest BCUT2D eigenvalue weighted by Crippen LogP contribution is -2.26. The van der Waals surface area contributed by atoms with E-state index in [1.165, 1.54) is 47.0 Å². The summed E-state index contributed by atoms with van der Waals surface area (Å²) in [5.41, 5.74) is 2.51. The van der Waals surface area contributed by atoms with Crippen LogP contribution in [-0.4, -0.2) is 38.5 Å². The number of aromatic nitrogens is 1. The zero-order valence-electron chi connectivity index (χ0n) is 20.0. The highest BCUT2D eigenvalue weighted by Crippen LogP contribution is 2.23. The van der Waals surface area contributed by atoms with Crippen LogP contribution in [0.25, 0.3) is 10.2 Å². The molecule has 1 heterocycles. The highest BCUT2D eigenvalue weighted by atomic mass is 32.2. The number of sulfonamides is 1. The van der Waals surface area contributed by atoms with Crippen LogP contribution in [0.2, 0.25) is 0 Å². The Morgan fingerprint density at radius 2 is 1.69 bits per heavy atom. The third-order valence-corrected chi connectivity index (χ3v) is 8.42. The van der Waals surface area contributed by atoms with Crippen LogP contribution in [0.4, 0.5) is 5.69 Å². The van der Waals surface area contributed by atoms with Gasteiger partial charge in [0.1, 0.15) is 6.54 Å². The predicted octanol–water partition coefficient (Wildman–Crippen LogP) is 4.14. The molecule has 0 bridgehead atoms. The number of rotatable bonds is 7. The number of nitrogens with zero attached hydrogens (tertiary/aromatic N) is 3. The molecule has 4 aromatic rings. The summed E-state index contributed by atoms with van der Waals surface area (Å²) in [6.07, 6.45) is 0. The van der Waals surface area contributed by atoms with Crippen molar-refractivity contribution in [3.05, 3.63) is 88.7 Å². The molecule has 8 nitrogen and oxygen atoms in total. The van der Waals surface area contributed by atoms with Gasteiger partial charge in [0.2, 0.25) is 0 Å².